The van der Waals surface area contributed by atoms with Crippen LogP contribution in [0.4, 0.5) is 0 Å². The lowest BCUT2D eigenvalue weighted by Gasteiger charge is -2.11. The van der Waals surface area contributed by atoms with E-state index in [1.807, 2.05) is 0 Å². The minimum absolute atomic E-state index is 0.278. The Morgan fingerprint density at radius 1 is 0.396 bits per heavy atom. The standard InChI is InChI=1S/C46H30BN/c1-3-11-37-33(9-1)23-29-43-45(37)46-38-12-4-2-10-34(38)24-30-44(46)48(43)36-27-21-32(22-28-36)18-17-31-19-25-35(26-20-31)47-41-15-7-5-13-39(41)40-14-6-8-16-42(40)47/h1-30H. The second-order valence-electron chi connectivity index (χ2n) is 12.9. The van der Waals surface area contributed by atoms with Crippen molar-refractivity contribution in [1.29, 1.82) is 0 Å². The summed E-state index contributed by atoms with van der Waals surface area (Å²) in [5.74, 6) is 0. The lowest BCUT2D eigenvalue weighted by Crippen LogP contribution is -2.48. The van der Waals surface area contributed by atoms with Crippen LogP contribution in [0, 0.1) is 0 Å². The van der Waals surface area contributed by atoms with Gasteiger partial charge >= 0.3 is 0 Å². The van der Waals surface area contributed by atoms with Gasteiger partial charge in [0.15, 0.2) is 0 Å². The first kappa shape index (κ1) is 27.0. The molecule has 9 aromatic rings. The van der Waals surface area contributed by atoms with E-state index in [0.29, 0.717) is 0 Å². The molecule has 0 saturated heterocycles. The number of hydrogen-bond donors (Lipinski definition) is 0. The molecule has 0 unspecified atom stereocenters. The van der Waals surface area contributed by atoms with Crippen LogP contribution < -0.4 is 16.4 Å². The molecule has 0 fully saturated rings. The molecule has 0 radical (unpaired) electrons. The third kappa shape index (κ3) is 4.13. The fourth-order valence-electron chi connectivity index (χ4n) is 8.07. The molecule has 1 aliphatic heterocycles. The number of hydrogen-bond acceptors (Lipinski definition) is 0. The maximum atomic E-state index is 2.43. The summed E-state index contributed by atoms with van der Waals surface area (Å²) < 4.78 is 2.43. The Morgan fingerprint density at radius 2 is 0.854 bits per heavy atom. The fraction of sp³-hybridized carbons (Fsp3) is 0. The number of rotatable bonds is 4. The highest BCUT2D eigenvalue weighted by Gasteiger charge is 2.32. The second kappa shape index (κ2) is 10.7. The van der Waals surface area contributed by atoms with E-state index in [1.54, 1.807) is 0 Å². The van der Waals surface area contributed by atoms with Crippen LogP contribution in [-0.4, -0.2) is 11.3 Å². The van der Waals surface area contributed by atoms with Crippen molar-refractivity contribution >= 4 is 78.6 Å². The van der Waals surface area contributed by atoms with Crippen LogP contribution in [0.15, 0.2) is 170 Å². The van der Waals surface area contributed by atoms with E-state index in [0.717, 1.165) is 0 Å². The molecular formula is C46H30BN. The topological polar surface area (TPSA) is 4.93 Å². The van der Waals surface area contributed by atoms with Crippen molar-refractivity contribution in [2.24, 2.45) is 0 Å². The highest BCUT2D eigenvalue weighted by atomic mass is 15.0. The van der Waals surface area contributed by atoms with Crippen molar-refractivity contribution in [3.63, 3.8) is 0 Å². The predicted octanol–water partition coefficient (Wildman–Crippen LogP) is 9.76. The first-order valence-electron chi connectivity index (χ1n) is 16.7. The van der Waals surface area contributed by atoms with Gasteiger partial charge in [0.25, 0.3) is 0 Å². The van der Waals surface area contributed by atoms with Gasteiger partial charge in [-0.3, -0.25) is 0 Å². The summed E-state index contributed by atoms with van der Waals surface area (Å²) in [4.78, 5) is 0. The lowest BCUT2D eigenvalue weighted by atomic mass is 9.39. The van der Waals surface area contributed by atoms with Gasteiger partial charge in [0.2, 0.25) is 6.71 Å². The van der Waals surface area contributed by atoms with Crippen LogP contribution in [0.25, 0.3) is 72.3 Å². The summed E-state index contributed by atoms with van der Waals surface area (Å²) in [7, 11) is 0. The van der Waals surface area contributed by atoms with Crippen molar-refractivity contribution in [2.75, 3.05) is 0 Å². The Hall–Kier alpha value is -6.12. The Balaban J connectivity index is 0.997. The van der Waals surface area contributed by atoms with E-state index in [4.69, 9.17) is 0 Å². The average molecular weight is 608 g/mol. The molecule has 0 N–H and O–H groups in total. The van der Waals surface area contributed by atoms with Crippen LogP contribution in [0.3, 0.4) is 0 Å². The van der Waals surface area contributed by atoms with E-state index in [-0.39, 0.29) is 6.71 Å². The van der Waals surface area contributed by atoms with E-state index >= 15 is 0 Å². The molecule has 1 nitrogen and oxygen atoms in total. The molecule has 222 valence electrons. The lowest BCUT2D eigenvalue weighted by molar-refractivity contribution is 1.18. The smallest absolute Gasteiger partial charge is 0.242 e. The molecule has 8 aromatic carbocycles. The molecule has 0 spiro atoms. The molecule has 48 heavy (non-hydrogen) atoms. The molecular weight excluding hydrogens is 577 g/mol. The summed E-state index contributed by atoms with van der Waals surface area (Å²) in [5.41, 5.74) is 12.8. The third-order valence-electron chi connectivity index (χ3n) is 10.3. The molecule has 2 heterocycles. The van der Waals surface area contributed by atoms with E-state index in [2.05, 4.69) is 187 Å². The summed E-state index contributed by atoms with van der Waals surface area (Å²) >= 11 is 0. The molecule has 1 aromatic heterocycles. The largest absolute Gasteiger partial charge is 0.309 e. The molecule has 0 atom stereocenters. The zero-order valence-corrected chi connectivity index (χ0v) is 26.3. The minimum atomic E-state index is 0.278. The summed E-state index contributed by atoms with van der Waals surface area (Å²) in [5, 5.41) is 7.75. The Morgan fingerprint density at radius 3 is 1.40 bits per heavy atom. The Labute approximate surface area is 280 Å². The summed E-state index contributed by atoms with van der Waals surface area (Å²) in [6.07, 6.45) is 4.43. The number of fused-ring (bicyclic) bond motifs is 10. The zero-order chi connectivity index (χ0) is 31.6. The van der Waals surface area contributed by atoms with Gasteiger partial charge in [-0.05, 0) is 68.1 Å². The normalized spacial score (nSPS) is 12.5. The molecule has 10 rings (SSSR count). The van der Waals surface area contributed by atoms with E-state index in [9.17, 15) is 0 Å². The molecule has 2 heteroatoms. The zero-order valence-electron chi connectivity index (χ0n) is 26.3. The van der Waals surface area contributed by atoms with Gasteiger partial charge in [0, 0.05) is 16.5 Å². The van der Waals surface area contributed by atoms with Crippen LogP contribution in [0.5, 0.6) is 0 Å². The van der Waals surface area contributed by atoms with Crippen LogP contribution in [0.1, 0.15) is 11.1 Å². The third-order valence-corrected chi connectivity index (χ3v) is 10.3. The van der Waals surface area contributed by atoms with Crippen LogP contribution in [-0.2, 0) is 0 Å². The van der Waals surface area contributed by atoms with Crippen LogP contribution >= 0.6 is 0 Å². The van der Waals surface area contributed by atoms with Gasteiger partial charge in [0.1, 0.15) is 0 Å². The highest BCUT2D eigenvalue weighted by molar-refractivity contribution is 6.99. The van der Waals surface area contributed by atoms with Crippen molar-refractivity contribution in [3.8, 4) is 16.8 Å². The van der Waals surface area contributed by atoms with Crippen molar-refractivity contribution < 1.29 is 0 Å². The quantitative estimate of drug-likeness (QED) is 0.139. The first-order valence-corrected chi connectivity index (χ1v) is 16.7. The van der Waals surface area contributed by atoms with Gasteiger partial charge in [-0.25, -0.2) is 0 Å². The number of benzene rings is 8. The van der Waals surface area contributed by atoms with E-state index in [1.165, 1.54) is 87.7 Å². The van der Waals surface area contributed by atoms with Crippen molar-refractivity contribution in [1.82, 2.24) is 4.57 Å². The molecule has 0 aliphatic carbocycles. The maximum absolute atomic E-state index is 2.43. The summed E-state index contributed by atoms with van der Waals surface area (Å²) in [6, 6.07) is 62.3. The SMILES string of the molecule is C(=Cc1ccc(-n2c3ccc4ccccc4c3c3c4ccccc4ccc32)cc1)c1ccc(B2c3ccccc3-c3ccccc32)cc1. The number of nitrogens with zero attached hydrogens (tertiary/aromatic N) is 1. The van der Waals surface area contributed by atoms with Crippen LogP contribution in [0.2, 0.25) is 0 Å². The van der Waals surface area contributed by atoms with Crippen molar-refractivity contribution in [3.05, 3.63) is 181 Å². The molecule has 1 aliphatic rings. The Kier molecular flexibility index (Phi) is 6.04. The average Bonchev–Trinajstić information content (AvgIpc) is 3.68. The molecule has 0 saturated carbocycles. The van der Waals surface area contributed by atoms with Gasteiger partial charge in [-0.2, -0.15) is 0 Å². The monoisotopic (exact) mass is 607 g/mol. The second-order valence-corrected chi connectivity index (χ2v) is 12.9. The maximum Gasteiger partial charge on any atom is 0.242 e. The first-order chi connectivity index (χ1) is 23.8. The summed E-state index contributed by atoms with van der Waals surface area (Å²) in [6.45, 7) is 0.278. The number of aromatic nitrogens is 1. The molecule has 0 bridgehead atoms. The Bertz CT molecular complexity index is 2570. The van der Waals surface area contributed by atoms with Gasteiger partial charge in [-0.15, -0.1) is 0 Å². The van der Waals surface area contributed by atoms with Gasteiger partial charge in [-0.1, -0.05) is 174 Å². The van der Waals surface area contributed by atoms with Gasteiger partial charge in [0.05, 0.1) is 11.0 Å². The minimum Gasteiger partial charge on any atom is -0.309 e. The van der Waals surface area contributed by atoms with Gasteiger partial charge < -0.3 is 4.57 Å². The fourth-order valence-corrected chi connectivity index (χ4v) is 8.07. The highest BCUT2D eigenvalue weighted by Crippen LogP contribution is 2.40. The predicted molar refractivity (Wildman–Crippen MR) is 208 cm³/mol. The molecule has 0 amide bonds. The van der Waals surface area contributed by atoms with Crippen molar-refractivity contribution in [2.45, 2.75) is 0 Å². The van der Waals surface area contributed by atoms with E-state index < -0.39 is 0 Å².